The molecule has 0 fully saturated rings. The number of rotatable bonds is 5. The van der Waals surface area contributed by atoms with E-state index in [-0.39, 0.29) is 0 Å². The summed E-state index contributed by atoms with van der Waals surface area (Å²) in [4.78, 5) is 0. The first-order valence-electron chi connectivity index (χ1n) is 5.02. The van der Waals surface area contributed by atoms with Crippen LogP contribution >= 0.6 is 0 Å². The lowest BCUT2D eigenvalue weighted by Gasteiger charge is -2.19. The quantitative estimate of drug-likeness (QED) is 0.731. The molecule has 1 aromatic heterocycles. The van der Waals surface area contributed by atoms with E-state index in [2.05, 4.69) is 36.3 Å². The largest absolute Gasteiger partial charge is 0.307 e. The van der Waals surface area contributed by atoms with Gasteiger partial charge in [0.2, 0.25) is 0 Å². The van der Waals surface area contributed by atoms with Crippen molar-refractivity contribution in [1.82, 2.24) is 15.5 Å². The molecule has 1 rings (SSSR count). The molecule has 0 bridgehead atoms. The molecule has 13 heavy (non-hydrogen) atoms. The fraction of sp³-hybridized carbons (Fsp3) is 0.700. The summed E-state index contributed by atoms with van der Waals surface area (Å²) in [6, 6.07) is 1.01. The van der Waals surface area contributed by atoms with Crippen LogP contribution in [-0.4, -0.2) is 16.2 Å². The summed E-state index contributed by atoms with van der Waals surface area (Å²) in [6.07, 6.45) is 6.18. The van der Waals surface area contributed by atoms with Gasteiger partial charge in [0.1, 0.15) is 0 Å². The second kappa shape index (κ2) is 5.02. The molecule has 0 aromatic carbocycles. The van der Waals surface area contributed by atoms with Gasteiger partial charge in [-0.05, 0) is 19.8 Å². The summed E-state index contributed by atoms with van der Waals surface area (Å²) in [5, 5.41) is 10.3. The van der Waals surface area contributed by atoms with Crippen molar-refractivity contribution in [3.63, 3.8) is 0 Å². The smallest absolute Gasteiger partial charge is 0.0534 e. The van der Waals surface area contributed by atoms with Crippen molar-refractivity contribution in [2.75, 3.05) is 0 Å². The van der Waals surface area contributed by atoms with Crippen LogP contribution in [0.3, 0.4) is 0 Å². The van der Waals surface area contributed by atoms with E-state index in [9.17, 15) is 0 Å². The molecule has 0 amide bonds. The zero-order valence-electron chi connectivity index (χ0n) is 8.67. The molecule has 0 saturated carbocycles. The highest BCUT2D eigenvalue weighted by atomic mass is 15.1. The Hall–Kier alpha value is -0.830. The van der Waals surface area contributed by atoms with Crippen molar-refractivity contribution in [1.29, 1.82) is 0 Å². The predicted molar refractivity (Wildman–Crippen MR) is 54.5 cm³/mol. The van der Waals surface area contributed by atoms with Gasteiger partial charge in [0.15, 0.2) is 0 Å². The SMILES string of the molecule is CCC(CC)NC(C)c1cn[nH]c1. The fourth-order valence-electron chi connectivity index (χ4n) is 1.47. The van der Waals surface area contributed by atoms with E-state index in [0.29, 0.717) is 12.1 Å². The Morgan fingerprint density at radius 1 is 1.46 bits per heavy atom. The first kappa shape index (κ1) is 10.3. The van der Waals surface area contributed by atoms with E-state index in [1.807, 2.05) is 12.4 Å². The van der Waals surface area contributed by atoms with Gasteiger partial charge in [-0.1, -0.05) is 13.8 Å². The van der Waals surface area contributed by atoms with Gasteiger partial charge >= 0.3 is 0 Å². The first-order chi connectivity index (χ1) is 6.27. The molecular weight excluding hydrogens is 162 g/mol. The number of H-pyrrole nitrogens is 1. The van der Waals surface area contributed by atoms with Gasteiger partial charge in [0.25, 0.3) is 0 Å². The maximum absolute atomic E-state index is 3.94. The lowest BCUT2D eigenvalue weighted by atomic mass is 10.1. The molecule has 0 aliphatic heterocycles. The van der Waals surface area contributed by atoms with E-state index in [0.717, 1.165) is 0 Å². The van der Waals surface area contributed by atoms with Gasteiger partial charge in [-0.25, -0.2) is 0 Å². The van der Waals surface area contributed by atoms with E-state index in [4.69, 9.17) is 0 Å². The summed E-state index contributed by atoms with van der Waals surface area (Å²) in [5.74, 6) is 0. The minimum Gasteiger partial charge on any atom is -0.307 e. The Kier molecular flexibility index (Phi) is 3.96. The third-order valence-electron chi connectivity index (χ3n) is 2.49. The second-order valence-corrected chi connectivity index (χ2v) is 3.43. The average Bonchev–Trinajstić information content (AvgIpc) is 2.66. The fourth-order valence-corrected chi connectivity index (χ4v) is 1.47. The molecule has 0 saturated heterocycles. The molecule has 1 aromatic rings. The highest BCUT2D eigenvalue weighted by Crippen LogP contribution is 2.11. The van der Waals surface area contributed by atoms with Gasteiger partial charge in [-0.3, -0.25) is 5.10 Å². The normalized spacial score (nSPS) is 13.5. The third kappa shape index (κ3) is 2.84. The van der Waals surface area contributed by atoms with Crippen LogP contribution in [0.15, 0.2) is 12.4 Å². The number of nitrogens with one attached hydrogen (secondary N) is 2. The van der Waals surface area contributed by atoms with E-state index >= 15 is 0 Å². The minimum atomic E-state index is 0.392. The van der Waals surface area contributed by atoms with E-state index in [1.165, 1.54) is 18.4 Å². The Bertz CT molecular complexity index is 214. The van der Waals surface area contributed by atoms with Crippen LogP contribution in [0.25, 0.3) is 0 Å². The standard InChI is InChI=1S/C10H19N3/c1-4-10(5-2)13-8(3)9-6-11-12-7-9/h6-8,10,13H,4-5H2,1-3H3,(H,11,12). The van der Waals surface area contributed by atoms with Crippen molar-refractivity contribution in [3.8, 4) is 0 Å². The molecule has 0 radical (unpaired) electrons. The Balaban J connectivity index is 2.45. The van der Waals surface area contributed by atoms with Crippen molar-refractivity contribution < 1.29 is 0 Å². The van der Waals surface area contributed by atoms with Crippen LogP contribution in [0.1, 0.15) is 45.2 Å². The molecule has 1 atom stereocenters. The molecule has 3 nitrogen and oxygen atoms in total. The summed E-state index contributed by atoms with van der Waals surface area (Å²) in [6.45, 7) is 6.59. The summed E-state index contributed by atoms with van der Waals surface area (Å²) >= 11 is 0. The molecular formula is C10H19N3. The summed E-state index contributed by atoms with van der Waals surface area (Å²) in [7, 11) is 0. The van der Waals surface area contributed by atoms with Crippen LogP contribution in [-0.2, 0) is 0 Å². The molecule has 0 spiro atoms. The van der Waals surface area contributed by atoms with Crippen molar-refractivity contribution in [2.24, 2.45) is 0 Å². The predicted octanol–water partition coefficient (Wildman–Crippen LogP) is 2.25. The maximum Gasteiger partial charge on any atom is 0.0534 e. The van der Waals surface area contributed by atoms with Crippen LogP contribution in [0.5, 0.6) is 0 Å². The molecule has 1 heterocycles. The van der Waals surface area contributed by atoms with Crippen LogP contribution in [0.4, 0.5) is 0 Å². The van der Waals surface area contributed by atoms with Gasteiger partial charge in [0.05, 0.1) is 6.20 Å². The zero-order chi connectivity index (χ0) is 9.68. The van der Waals surface area contributed by atoms with E-state index in [1.54, 1.807) is 0 Å². The number of nitrogens with zero attached hydrogens (tertiary/aromatic N) is 1. The van der Waals surface area contributed by atoms with Gasteiger partial charge < -0.3 is 5.32 Å². The second-order valence-electron chi connectivity index (χ2n) is 3.43. The average molecular weight is 181 g/mol. The van der Waals surface area contributed by atoms with Crippen LogP contribution in [0, 0.1) is 0 Å². The molecule has 1 unspecified atom stereocenters. The third-order valence-corrected chi connectivity index (χ3v) is 2.49. The van der Waals surface area contributed by atoms with Gasteiger partial charge in [-0.2, -0.15) is 5.10 Å². The minimum absolute atomic E-state index is 0.392. The topological polar surface area (TPSA) is 40.7 Å². The van der Waals surface area contributed by atoms with Gasteiger partial charge in [0, 0.05) is 23.8 Å². The van der Waals surface area contributed by atoms with Crippen molar-refractivity contribution in [3.05, 3.63) is 18.0 Å². The summed E-state index contributed by atoms with van der Waals surface area (Å²) < 4.78 is 0. The number of hydrogen-bond donors (Lipinski definition) is 2. The highest BCUT2D eigenvalue weighted by Gasteiger charge is 2.10. The molecule has 74 valence electrons. The zero-order valence-corrected chi connectivity index (χ0v) is 8.67. The lowest BCUT2D eigenvalue weighted by molar-refractivity contribution is 0.432. The maximum atomic E-state index is 3.94. The molecule has 2 N–H and O–H groups in total. The van der Waals surface area contributed by atoms with Gasteiger partial charge in [-0.15, -0.1) is 0 Å². The highest BCUT2D eigenvalue weighted by molar-refractivity contribution is 5.08. The number of aromatic nitrogens is 2. The number of aromatic amines is 1. The Morgan fingerprint density at radius 2 is 2.15 bits per heavy atom. The number of hydrogen-bond acceptors (Lipinski definition) is 2. The Morgan fingerprint density at radius 3 is 2.62 bits per heavy atom. The lowest BCUT2D eigenvalue weighted by Crippen LogP contribution is -2.30. The molecule has 0 aliphatic carbocycles. The van der Waals surface area contributed by atoms with Crippen molar-refractivity contribution >= 4 is 0 Å². The monoisotopic (exact) mass is 181 g/mol. The first-order valence-corrected chi connectivity index (χ1v) is 5.02. The van der Waals surface area contributed by atoms with Crippen LogP contribution in [0.2, 0.25) is 0 Å². The summed E-state index contributed by atoms with van der Waals surface area (Å²) in [5.41, 5.74) is 1.23. The van der Waals surface area contributed by atoms with E-state index < -0.39 is 0 Å². The van der Waals surface area contributed by atoms with Crippen LogP contribution < -0.4 is 5.32 Å². The van der Waals surface area contributed by atoms with Crippen molar-refractivity contribution in [2.45, 2.75) is 45.7 Å². The molecule has 3 heteroatoms. The Labute approximate surface area is 79.9 Å². The molecule has 0 aliphatic rings.